The average Bonchev–Trinajstić information content (AvgIpc) is 2.98. The van der Waals surface area contributed by atoms with Gasteiger partial charge in [-0.15, -0.1) is 0 Å². The van der Waals surface area contributed by atoms with Crippen LogP contribution in [0.25, 0.3) is 0 Å². The number of rotatable bonds is 7. The van der Waals surface area contributed by atoms with Crippen LogP contribution in [-0.4, -0.2) is 33.9 Å². The van der Waals surface area contributed by atoms with E-state index in [1.807, 2.05) is 25.1 Å². The third-order valence-electron chi connectivity index (χ3n) is 3.59. The molecule has 0 saturated heterocycles. The van der Waals surface area contributed by atoms with E-state index in [2.05, 4.69) is 30.9 Å². The Morgan fingerprint density at radius 3 is 2.62 bits per heavy atom. The van der Waals surface area contributed by atoms with Crippen molar-refractivity contribution in [2.45, 2.75) is 13.8 Å². The lowest BCUT2D eigenvalue weighted by atomic mass is 10.2. The molecule has 0 aromatic carbocycles. The predicted molar refractivity (Wildman–Crippen MR) is 98.6 cm³/mol. The summed E-state index contributed by atoms with van der Waals surface area (Å²) in [4.78, 5) is 24.6. The third-order valence-corrected chi connectivity index (χ3v) is 3.59. The van der Waals surface area contributed by atoms with Gasteiger partial charge < -0.3 is 20.4 Å². The number of pyridine rings is 1. The Balaban J connectivity index is 1.48. The van der Waals surface area contributed by atoms with Gasteiger partial charge in [0.15, 0.2) is 0 Å². The molecular formula is C18H20N6O2. The number of amides is 1. The van der Waals surface area contributed by atoms with Crippen molar-refractivity contribution in [1.82, 2.24) is 20.3 Å². The minimum Gasteiger partial charge on any atom is -0.466 e. The lowest BCUT2D eigenvalue weighted by molar-refractivity contribution is 0.0953. The molecule has 3 rings (SSSR count). The Labute approximate surface area is 151 Å². The van der Waals surface area contributed by atoms with Gasteiger partial charge in [-0.3, -0.25) is 4.79 Å². The van der Waals surface area contributed by atoms with Crippen LogP contribution < -0.4 is 16.0 Å². The second-order valence-electron chi connectivity index (χ2n) is 5.64. The molecule has 0 aliphatic heterocycles. The van der Waals surface area contributed by atoms with E-state index in [9.17, 15) is 4.79 Å². The molecule has 26 heavy (non-hydrogen) atoms. The van der Waals surface area contributed by atoms with Gasteiger partial charge >= 0.3 is 0 Å². The van der Waals surface area contributed by atoms with Crippen LogP contribution in [0.3, 0.4) is 0 Å². The number of aryl methyl sites for hydroxylation is 2. The smallest absolute Gasteiger partial charge is 0.254 e. The maximum absolute atomic E-state index is 12.1. The Morgan fingerprint density at radius 1 is 1.04 bits per heavy atom. The van der Waals surface area contributed by atoms with Crippen molar-refractivity contribution in [2.75, 3.05) is 23.7 Å². The highest BCUT2D eigenvalue weighted by Gasteiger charge is 2.12. The molecule has 0 unspecified atom stereocenters. The average molecular weight is 352 g/mol. The molecule has 3 heterocycles. The molecule has 0 fully saturated rings. The summed E-state index contributed by atoms with van der Waals surface area (Å²) in [6.45, 7) is 4.57. The van der Waals surface area contributed by atoms with Gasteiger partial charge in [-0.2, -0.15) is 0 Å². The summed E-state index contributed by atoms with van der Waals surface area (Å²) in [5, 5.41) is 9.10. The van der Waals surface area contributed by atoms with E-state index < -0.39 is 0 Å². The fourth-order valence-electron chi connectivity index (χ4n) is 2.41. The van der Waals surface area contributed by atoms with Gasteiger partial charge in [0.25, 0.3) is 5.91 Å². The van der Waals surface area contributed by atoms with Crippen molar-refractivity contribution in [3.63, 3.8) is 0 Å². The highest BCUT2D eigenvalue weighted by Crippen LogP contribution is 2.14. The highest BCUT2D eigenvalue weighted by atomic mass is 16.3. The zero-order valence-electron chi connectivity index (χ0n) is 14.6. The van der Waals surface area contributed by atoms with Gasteiger partial charge in [-0.25, -0.2) is 15.0 Å². The molecule has 0 bridgehead atoms. The van der Waals surface area contributed by atoms with Crippen molar-refractivity contribution in [3.05, 3.63) is 59.9 Å². The van der Waals surface area contributed by atoms with Gasteiger partial charge in [-0.05, 0) is 32.0 Å². The Morgan fingerprint density at radius 2 is 1.88 bits per heavy atom. The second kappa shape index (κ2) is 8.11. The fourth-order valence-corrected chi connectivity index (χ4v) is 2.41. The Kier molecular flexibility index (Phi) is 5.43. The number of carbonyl (C=O) groups is 1. The monoisotopic (exact) mass is 352 g/mol. The molecular weight excluding hydrogens is 332 g/mol. The molecule has 3 N–H and O–H groups in total. The van der Waals surface area contributed by atoms with Crippen molar-refractivity contribution in [2.24, 2.45) is 0 Å². The van der Waals surface area contributed by atoms with Crippen LogP contribution >= 0.6 is 0 Å². The molecule has 3 aromatic rings. The summed E-state index contributed by atoms with van der Waals surface area (Å²) < 4.78 is 5.37. The number of anilines is 3. The molecule has 0 aliphatic rings. The Bertz CT molecular complexity index is 878. The zero-order chi connectivity index (χ0) is 18.4. The van der Waals surface area contributed by atoms with Crippen molar-refractivity contribution in [1.29, 1.82) is 0 Å². The quantitative estimate of drug-likeness (QED) is 0.561. The third kappa shape index (κ3) is 4.56. The first kappa shape index (κ1) is 17.4. The van der Waals surface area contributed by atoms with Gasteiger partial charge in [-0.1, -0.05) is 6.07 Å². The maximum atomic E-state index is 12.1. The number of hydrogen-bond acceptors (Lipinski definition) is 7. The van der Waals surface area contributed by atoms with Crippen LogP contribution in [0.15, 0.2) is 47.3 Å². The number of carbonyl (C=O) groups excluding carboxylic acids is 1. The first-order chi connectivity index (χ1) is 12.6. The number of nitrogens with one attached hydrogen (secondary N) is 3. The molecule has 8 heteroatoms. The van der Waals surface area contributed by atoms with Crippen LogP contribution in [0.4, 0.5) is 17.5 Å². The summed E-state index contributed by atoms with van der Waals surface area (Å²) in [7, 11) is 0. The van der Waals surface area contributed by atoms with E-state index in [-0.39, 0.29) is 5.91 Å². The van der Waals surface area contributed by atoms with E-state index in [1.165, 1.54) is 6.33 Å². The van der Waals surface area contributed by atoms with Crippen LogP contribution in [-0.2, 0) is 0 Å². The number of aromatic nitrogens is 3. The fraction of sp³-hybridized carbons (Fsp3) is 0.222. The van der Waals surface area contributed by atoms with Gasteiger partial charge in [0.05, 0.1) is 5.56 Å². The minimum absolute atomic E-state index is 0.152. The summed E-state index contributed by atoms with van der Waals surface area (Å²) in [5.74, 6) is 3.18. The molecule has 8 nitrogen and oxygen atoms in total. The van der Waals surface area contributed by atoms with E-state index in [4.69, 9.17) is 4.42 Å². The van der Waals surface area contributed by atoms with Crippen LogP contribution in [0.2, 0.25) is 0 Å². The minimum atomic E-state index is -0.152. The summed E-state index contributed by atoms with van der Waals surface area (Å²) in [6, 6.07) is 9.10. The molecule has 0 saturated carbocycles. The van der Waals surface area contributed by atoms with Gasteiger partial charge in [0, 0.05) is 25.4 Å². The van der Waals surface area contributed by atoms with E-state index >= 15 is 0 Å². The molecule has 3 aromatic heterocycles. The lowest BCUT2D eigenvalue weighted by Crippen LogP contribution is -2.29. The normalized spacial score (nSPS) is 10.4. The van der Waals surface area contributed by atoms with Gasteiger partial charge in [0.2, 0.25) is 0 Å². The summed E-state index contributed by atoms with van der Waals surface area (Å²) >= 11 is 0. The standard InChI is InChI=1S/C18H20N6O2/c1-12-9-14(13(2)26-12)18(25)21-8-7-20-16-10-17(23-11-22-16)24-15-5-3-4-6-19-15/h3-6,9-11H,7-8H2,1-2H3,(H,21,25)(H2,19,20,22,23,24). The van der Waals surface area contributed by atoms with Crippen molar-refractivity contribution in [3.8, 4) is 0 Å². The van der Waals surface area contributed by atoms with Crippen molar-refractivity contribution < 1.29 is 9.21 Å². The van der Waals surface area contributed by atoms with Crippen LogP contribution in [0, 0.1) is 13.8 Å². The molecule has 0 radical (unpaired) electrons. The summed E-state index contributed by atoms with van der Waals surface area (Å²) in [6.07, 6.45) is 3.17. The molecule has 0 atom stereocenters. The van der Waals surface area contributed by atoms with E-state index in [1.54, 1.807) is 25.3 Å². The maximum Gasteiger partial charge on any atom is 0.254 e. The van der Waals surface area contributed by atoms with Crippen LogP contribution in [0.1, 0.15) is 21.9 Å². The number of nitrogens with zero attached hydrogens (tertiary/aromatic N) is 3. The topological polar surface area (TPSA) is 105 Å². The number of furan rings is 1. The van der Waals surface area contributed by atoms with Crippen LogP contribution in [0.5, 0.6) is 0 Å². The predicted octanol–water partition coefficient (Wildman–Crippen LogP) is 2.67. The molecule has 0 spiro atoms. The van der Waals surface area contributed by atoms with Gasteiger partial charge in [0.1, 0.15) is 35.3 Å². The second-order valence-corrected chi connectivity index (χ2v) is 5.64. The highest BCUT2D eigenvalue weighted by molar-refractivity contribution is 5.95. The first-order valence-electron chi connectivity index (χ1n) is 8.21. The summed E-state index contributed by atoms with van der Waals surface area (Å²) in [5.41, 5.74) is 0.561. The molecule has 0 aliphatic carbocycles. The van der Waals surface area contributed by atoms with E-state index in [0.29, 0.717) is 41.9 Å². The molecule has 134 valence electrons. The first-order valence-corrected chi connectivity index (χ1v) is 8.21. The SMILES string of the molecule is Cc1cc(C(=O)NCCNc2cc(Nc3ccccn3)ncn2)c(C)o1. The van der Waals surface area contributed by atoms with Crippen molar-refractivity contribution >= 4 is 23.4 Å². The van der Waals surface area contributed by atoms with E-state index in [0.717, 1.165) is 5.76 Å². The number of hydrogen-bond donors (Lipinski definition) is 3. The largest absolute Gasteiger partial charge is 0.466 e. The Hall–Kier alpha value is -3.42. The molecule has 1 amide bonds. The zero-order valence-corrected chi connectivity index (χ0v) is 14.6. The lowest BCUT2D eigenvalue weighted by Gasteiger charge is -2.09.